The van der Waals surface area contributed by atoms with Crippen LogP contribution in [0.5, 0.6) is 5.75 Å². The maximum Gasteiger partial charge on any atom is 0.239 e. The summed E-state index contributed by atoms with van der Waals surface area (Å²) in [4.78, 5) is 13.9. The van der Waals surface area contributed by atoms with Gasteiger partial charge in [0.1, 0.15) is 11.8 Å². The minimum Gasteiger partial charge on any atom is -0.493 e. The predicted octanol–water partition coefficient (Wildman–Crippen LogP) is 0.485. The Balaban J connectivity index is 1.75. The van der Waals surface area contributed by atoms with Crippen molar-refractivity contribution in [2.75, 3.05) is 45.7 Å². The maximum atomic E-state index is 11.8. The molecule has 1 atom stereocenters. The molecule has 2 rings (SSSR count). The number of carbonyl (C=O) groups is 1. The topological polar surface area (TPSA) is 76.8 Å². The summed E-state index contributed by atoms with van der Waals surface area (Å²) < 4.78 is 11.0. The summed E-state index contributed by atoms with van der Waals surface area (Å²) in [5.41, 5.74) is 6.39. The second kappa shape index (κ2) is 7.85. The number of nitrogens with two attached hydrogens (primary N) is 1. The molecule has 1 aliphatic rings. The Labute approximate surface area is 125 Å². The number of hydrogen-bond acceptors (Lipinski definition) is 5. The average molecular weight is 293 g/mol. The Kier molecular flexibility index (Phi) is 5.83. The van der Waals surface area contributed by atoms with Crippen molar-refractivity contribution in [1.29, 1.82) is 0 Å². The molecule has 1 amide bonds. The van der Waals surface area contributed by atoms with Gasteiger partial charge in [-0.2, -0.15) is 0 Å². The molecule has 6 heteroatoms. The third-order valence-electron chi connectivity index (χ3n) is 3.50. The number of benzene rings is 1. The number of nitrogen functional groups attached to an aromatic ring is 1. The highest BCUT2D eigenvalue weighted by molar-refractivity contribution is 5.81. The van der Waals surface area contributed by atoms with Gasteiger partial charge in [0.15, 0.2) is 0 Å². The standard InChI is InChI=1S/C15H23N3O3/c1-17-15(19)14-11-20-9-7-18(14)6-3-8-21-13-5-2-4-12(16)10-13/h2,4-5,10,14H,3,6-9,11,16H2,1H3,(H,17,19). The Bertz CT molecular complexity index is 467. The van der Waals surface area contributed by atoms with Crippen molar-refractivity contribution in [3.05, 3.63) is 24.3 Å². The van der Waals surface area contributed by atoms with Gasteiger partial charge in [-0.25, -0.2) is 0 Å². The van der Waals surface area contributed by atoms with E-state index >= 15 is 0 Å². The van der Waals surface area contributed by atoms with Crippen molar-refractivity contribution in [3.8, 4) is 5.75 Å². The minimum atomic E-state index is -0.198. The van der Waals surface area contributed by atoms with Gasteiger partial charge in [0.05, 0.1) is 19.8 Å². The Morgan fingerprint density at radius 3 is 3.19 bits per heavy atom. The number of rotatable bonds is 6. The van der Waals surface area contributed by atoms with Crippen molar-refractivity contribution < 1.29 is 14.3 Å². The summed E-state index contributed by atoms with van der Waals surface area (Å²) >= 11 is 0. The number of ether oxygens (including phenoxy) is 2. The molecule has 1 fully saturated rings. The van der Waals surface area contributed by atoms with Crippen LogP contribution in [0.15, 0.2) is 24.3 Å². The lowest BCUT2D eigenvalue weighted by Gasteiger charge is -2.34. The molecule has 0 radical (unpaired) electrons. The summed E-state index contributed by atoms with van der Waals surface area (Å²) in [6, 6.07) is 7.19. The molecular weight excluding hydrogens is 270 g/mol. The minimum absolute atomic E-state index is 0.00597. The Hall–Kier alpha value is -1.79. The molecule has 0 aromatic heterocycles. The van der Waals surface area contributed by atoms with Crippen LogP contribution in [0.4, 0.5) is 5.69 Å². The van der Waals surface area contributed by atoms with Crippen LogP contribution in [0.25, 0.3) is 0 Å². The van der Waals surface area contributed by atoms with Crippen molar-refractivity contribution >= 4 is 11.6 Å². The van der Waals surface area contributed by atoms with Crippen LogP contribution in [-0.2, 0) is 9.53 Å². The highest BCUT2D eigenvalue weighted by Gasteiger charge is 2.28. The molecule has 0 saturated carbocycles. The van der Waals surface area contributed by atoms with Crippen molar-refractivity contribution in [1.82, 2.24) is 10.2 Å². The van der Waals surface area contributed by atoms with Crippen LogP contribution in [0, 0.1) is 0 Å². The van der Waals surface area contributed by atoms with Crippen molar-refractivity contribution in [2.24, 2.45) is 0 Å². The van der Waals surface area contributed by atoms with Gasteiger partial charge in [-0.3, -0.25) is 9.69 Å². The Morgan fingerprint density at radius 1 is 1.57 bits per heavy atom. The third kappa shape index (κ3) is 4.61. The van der Waals surface area contributed by atoms with Crippen LogP contribution in [0.1, 0.15) is 6.42 Å². The highest BCUT2D eigenvalue weighted by Crippen LogP contribution is 2.15. The maximum absolute atomic E-state index is 11.8. The van der Waals surface area contributed by atoms with E-state index < -0.39 is 0 Å². The summed E-state index contributed by atoms with van der Waals surface area (Å²) in [6.07, 6.45) is 0.849. The predicted molar refractivity (Wildman–Crippen MR) is 81.2 cm³/mol. The van der Waals surface area contributed by atoms with Gasteiger partial charge in [0.25, 0.3) is 0 Å². The number of morpholine rings is 1. The molecule has 1 aliphatic heterocycles. The molecule has 0 aliphatic carbocycles. The second-order valence-corrected chi connectivity index (χ2v) is 5.02. The average Bonchev–Trinajstić information content (AvgIpc) is 2.51. The first kappa shape index (κ1) is 15.6. The van der Waals surface area contributed by atoms with E-state index in [-0.39, 0.29) is 11.9 Å². The van der Waals surface area contributed by atoms with Crippen LogP contribution < -0.4 is 15.8 Å². The molecule has 1 saturated heterocycles. The number of carbonyl (C=O) groups excluding carboxylic acids is 1. The molecule has 6 nitrogen and oxygen atoms in total. The lowest BCUT2D eigenvalue weighted by molar-refractivity contribution is -0.132. The monoisotopic (exact) mass is 293 g/mol. The lowest BCUT2D eigenvalue weighted by atomic mass is 10.2. The van der Waals surface area contributed by atoms with E-state index in [1.165, 1.54) is 0 Å². The molecule has 3 N–H and O–H groups in total. The molecule has 116 valence electrons. The quantitative estimate of drug-likeness (QED) is 0.589. The number of nitrogens with zero attached hydrogens (tertiary/aromatic N) is 1. The number of amides is 1. The van der Waals surface area contributed by atoms with E-state index in [4.69, 9.17) is 15.2 Å². The smallest absolute Gasteiger partial charge is 0.239 e. The van der Waals surface area contributed by atoms with Crippen molar-refractivity contribution in [3.63, 3.8) is 0 Å². The summed E-state index contributed by atoms with van der Waals surface area (Å²) in [5.74, 6) is 0.784. The van der Waals surface area contributed by atoms with Crippen molar-refractivity contribution in [2.45, 2.75) is 12.5 Å². The van der Waals surface area contributed by atoms with Gasteiger partial charge in [0.2, 0.25) is 5.91 Å². The number of likely N-dealkylation sites (N-methyl/N-ethyl adjacent to an activating group) is 1. The van der Waals surface area contributed by atoms with E-state index in [1.54, 1.807) is 7.05 Å². The van der Waals surface area contributed by atoms with Gasteiger partial charge in [-0.05, 0) is 18.6 Å². The SMILES string of the molecule is CNC(=O)C1COCCN1CCCOc1cccc(N)c1. The first-order valence-corrected chi connectivity index (χ1v) is 7.22. The van der Waals surface area contributed by atoms with E-state index in [1.807, 2.05) is 24.3 Å². The molecular formula is C15H23N3O3. The fourth-order valence-corrected chi connectivity index (χ4v) is 2.38. The molecule has 1 aromatic carbocycles. The van der Waals surface area contributed by atoms with Crippen LogP contribution in [0.2, 0.25) is 0 Å². The van der Waals surface area contributed by atoms with E-state index in [0.29, 0.717) is 25.5 Å². The molecule has 1 heterocycles. The van der Waals surface area contributed by atoms with Gasteiger partial charge in [-0.15, -0.1) is 0 Å². The number of anilines is 1. The Morgan fingerprint density at radius 2 is 2.43 bits per heavy atom. The molecule has 0 bridgehead atoms. The van der Waals surface area contributed by atoms with Gasteiger partial charge < -0.3 is 20.5 Å². The first-order valence-electron chi connectivity index (χ1n) is 7.22. The molecule has 0 spiro atoms. The van der Waals surface area contributed by atoms with E-state index in [0.717, 1.165) is 25.3 Å². The summed E-state index contributed by atoms with van der Waals surface area (Å²) in [6.45, 7) is 3.31. The van der Waals surface area contributed by atoms with Crippen LogP contribution in [-0.4, -0.2) is 56.8 Å². The normalized spacial score (nSPS) is 19.2. The van der Waals surface area contributed by atoms with Crippen LogP contribution >= 0.6 is 0 Å². The molecule has 1 aromatic rings. The molecule has 1 unspecified atom stereocenters. The van der Waals surface area contributed by atoms with Crippen LogP contribution in [0.3, 0.4) is 0 Å². The largest absolute Gasteiger partial charge is 0.493 e. The zero-order chi connectivity index (χ0) is 15.1. The lowest BCUT2D eigenvalue weighted by Crippen LogP contribution is -2.53. The first-order chi connectivity index (χ1) is 10.2. The van der Waals surface area contributed by atoms with Gasteiger partial charge >= 0.3 is 0 Å². The highest BCUT2D eigenvalue weighted by atomic mass is 16.5. The fraction of sp³-hybridized carbons (Fsp3) is 0.533. The zero-order valence-corrected chi connectivity index (χ0v) is 12.4. The summed E-state index contributed by atoms with van der Waals surface area (Å²) in [7, 11) is 1.65. The summed E-state index contributed by atoms with van der Waals surface area (Å²) in [5, 5.41) is 2.68. The number of nitrogens with one attached hydrogen (secondary N) is 1. The van der Waals surface area contributed by atoms with E-state index in [2.05, 4.69) is 10.2 Å². The number of hydrogen-bond donors (Lipinski definition) is 2. The zero-order valence-electron chi connectivity index (χ0n) is 12.4. The van der Waals surface area contributed by atoms with Gasteiger partial charge in [-0.1, -0.05) is 6.07 Å². The fourth-order valence-electron chi connectivity index (χ4n) is 2.38. The van der Waals surface area contributed by atoms with Gasteiger partial charge in [0, 0.05) is 31.9 Å². The third-order valence-corrected chi connectivity index (χ3v) is 3.50. The second-order valence-electron chi connectivity index (χ2n) is 5.02. The molecule has 21 heavy (non-hydrogen) atoms. The van der Waals surface area contributed by atoms with E-state index in [9.17, 15) is 4.79 Å².